The Labute approximate surface area is 67.4 Å². The molecule has 0 spiro atoms. The molecular formula is C8H6F2O2. The minimum atomic E-state index is -1.31. The van der Waals surface area contributed by atoms with Crippen molar-refractivity contribution in [2.24, 2.45) is 0 Å². The van der Waals surface area contributed by atoms with Gasteiger partial charge in [0, 0.05) is 0 Å². The summed E-state index contributed by atoms with van der Waals surface area (Å²) in [6.45, 7) is 1.38. The molecule has 1 aromatic carbocycles. The van der Waals surface area contributed by atoms with Crippen LogP contribution in [0.5, 0.6) is 5.75 Å². The van der Waals surface area contributed by atoms with Gasteiger partial charge >= 0.3 is 0 Å². The second-order valence-electron chi connectivity index (χ2n) is 2.37. The maximum Gasteiger partial charge on any atom is 0.173 e. The molecule has 2 nitrogen and oxygen atoms in total. The molecule has 0 saturated carbocycles. The lowest BCUT2D eigenvalue weighted by atomic mass is 10.1. The molecule has 64 valence electrons. The lowest BCUT2D eigenvalue weighted by Crippen LogP contribution is -1.95. The van der Waals surface area contributed by atoms with Crippen molar-refractivity contribution in [3.8, 4) is 5.75 Å². The van der Waals surface area contributed by atoms with Crippen LogP contribution >= 0.6 is 0 Å². The van der Waals surface area contributed by atoms with Gasteiger partial charge < -0.3 is 5.11 Å². The Kier molecular flexibility index (Phi) is 2.08. The number of rotatable bonds is 1. The SMILES string of the molecule is Cc1cc(F)c(F)c(C=O)c1O. The molecule has 0 unspecified atom stereocenters. The second kappa shape index (κ2) is 2.89. The quantitative estimate of drug-likeness (QED) is 0.655. The molecule has 0 aliphatic heterocycles. The van der Waals surface area contributed by atoms with Crippen LogP contribution in [0.4, 0.5) is 8.78 Å². The van der Waals surface area contributed by atoms with E-state index >= 15 is 0 Å². The van der Waals surface area contributed by atoms with Crippen LogP contribution < -0.4 is 0 Å². The van der Waals surface area contributed by atoms with Crippen LogP contribution in [-0.4, -0.2) is 11.4 Å². The highest BCUT2D eigenvalue weighted by Crippen LogP contribution is 2.24. The Balaban J connectivity index is 3.52. The highest BCUT2D eigenvalue weighted by atomic mass is 19.2. The summed E-state index contributed by atoms with van der Waals surface area (Å²) in [5.41, 5.74) is -0.497. The molecule has 1 rings (SSSR count). The van der Waals surface area contributed by atoms with Crippen molar-refractivity contribution < 1.29 is 18.7 Å². The fraction of sp³-hybridized carbons (Fsp3) is 0.125. The normalized spacial score (nSPS) is 9.92. The summed E-state index contributed by atoms with van der Waals surface area (Å²) in [5, 5.41) is 9.06. The van der Waals surface area contributed by atoms with E-state index < -0.39 is 22.9 Å². The molecule has 0 fully saturated rings. The minimum Gasteiger partial charge on any atom is -0.507 e. The van der Waals surface area contributed by atoms with E-state index in [-0.39, 0.29) is 11.8 Å². The number of benzene rings is 1. The van der Waals surface area contributed by atoms with Gasteiger partial charge in [-0.05, 0) is 18.6 Å². The van der Waals surface area contributed by atoms with E-state index in [4.69, 9.17) is 5.11 Å². The number of aryl methyl sites for hydroxylation is 1. The van der Waals surface area contributed by atoms with E-state index in [1.165, 1.54) is 6.92 Å². The molecule has 12 heavy (non-hydrogen) atoms. The Hall–Kier alpha value is -1.45. The number of aromatic hydroxyl groups is 1. The number of carbonyl (C=O) groups excluding carboxylic acids is 1. The summed E-state index contributed by atoms with van der Waals surface area (Å²) < 4.78 is 25.2. The topological polar surface area (TPSA) is 37.3 Å². The maximum absolute atomic E-state index is 12.7. The van der Waals surface area contributed by atoms with Crippen molar-refractivity contribution in [1.29, 1.82) is 0 Å². The highest BCUT2D eigenvalue weighted by molar-refractivity contribution is 5.80. The molecule has 0 atom stereocenters. The van der Waals surface area contributed by atoms with Crippen molar-refractivity contribution in [3.05, 3.63) is 28.8 Å². The predicted octanol–water partition coefficient (Wildman–Crippen LogP) is 1.79. The van der Waals surface area contributed by atoms with Crippen LogP contribution in [0.25, 0.3) is 0 Å². The number of aldehydes is 1. The molecule has 0 saturated heterocycles. The number of phenolic OH excluding ortho intramolecular Hbond substituents is 1. The zero-order valence-corrected chi connectivity index (χ0v) is 6.27. The van der Waals surface area contributed by atoms with Gasteiger partial charge in [0.1, 0.15) is 5.75 Å². The first-order valence-corrected chi connectivity index (χ1v) is 3.20. The zero-order valence-electron chi connectivity index (χ0n) is 6.27. The predicted molar refractivity (Wildman–Crippen MR) is 38.1 cm³/mol. The van der Waals surface area contributed by atoms with Crippen molar-refractivity contribution in [2.45, 2.75) is 6.92 Å². The van der Waals surface area contributed by atoms with Gasteiger partial charge in [0.05, 0.1) is 5.56 Å². The third-order valence-corrected chi connectivity index (χ3v) is 1.54. The smallest absolute Gasteiger partial charge is 0.173 e. The van der Waals surface area contributed by atoms with E-state index in [2.05, 4.69) is 0 Å². The Bertz CT molecular complexity index is 308. The van der Waals surface area contributed by atoms with Gasteiger partial charge in [-0.2, -0.15) is 0 Å². The van der Waals surface area contributed by atoms with Crippen molar-refractivity contribution in [3.63, 3.8) is 0 Å². The number of halogens is 2. The Morgan fingerprint density at radius 2 is 2.08 bits per heavy atom. The molecule has 0 aliphatic carbocycles. The molecule has 1 aromatic rings. The molecule has 4 heteroatoms. The summed E-state index contributed by atoms with van der Waals surface area (Å²) >= 11 is 0. The summed E-state index contributed by atoms with van der Waals surface area (Å²) in [4.78, 5) is 10.2. The molecule has 0 heterocycles. The summed E-state index contributed by atoms with van der Waals surface area (Å²) in [6, 6.07) is 0.831. The van der Waals surface area contributed by atoms with Gasteiger partial charge in [0.2, 0.25) is 0 Å². The van der Waals surface area contributed by atoms with Crippen molar-refractivity contribution >= 4 is 6.29 Å². The van der Waals surface area contributed by atoms with Crippen molar-refractivity contribution in [1.82, 2.24) is 0 Å². The van der Waals surface area contributed by atoms with Crippen LogP contribution in [0.15, 0.2) is 6.07 Å². The molecular weight excluding hydrogens is 166 g/mol. The van der Waals surface area contributed by atoms with Crippen LogP contribution in [0.2, 0.25) is 0 Å². The van der Waals surface area contributed by atoms with Gasteiger partial charge in [0.15, 0.2) is 17.9 Å². The van der Waals surface area contributed by atoms with E-state index in [0.717, 1.165) is 6.07 Å². The third-order valence-electron chi connectivity index (χ3n) is 1.54. The lowest BCUT2D eigenvalue weighted by molar-refractivity contribution is 0.111. The van der Waals surface area contributed by atoms with Gasteiger partial charge in [-0.25, -0.2) is 8.78 Å². The fourth-order valence-corrected chi connectivity index (χ4v) is 0.874. The molecule has 0 aliphatic rings. The van der Waals surface area contributed by atoms with Crippen LogP contribution in [0.3, 0.4) is 0 Å². The summed E-state index contributed by atoms with van der Waals surface area (Å²) in [6.07, 6.45) is 0.0841. The van der Waals surface area contributed by atoms with E-state index in [1.54, 1.807) is 0 Å². The van der Waals surface area contributed by atoms with Crippen LogP contribution in [0.1, 0.15) is 15.9 Å². The first-order valence-electron chi connectivity index (χ1n) is 3.20. The summed E-state index contributed by atoms with van der Waals surface area (Å²) in [5.74, 6) is -2.95. The van der Waals surface area contributed by atoms with Gasteiger partial charge in [-0.1, -0.05) is 0 Å². The van der Waals surface area contributed by atoms with E-state index in [9.17, 15) is 13.6 Å². The van der Waals surface area contributed by atoms with Crippen LogP contribution in [-0.2, 0) is 0 Å². The second-order valence-corrected chi connectivity index (χ2v) is 2.37. The lowest BCUT2D eigenvalue weighted by Gasteiger charge is -2.03. The number of carbonyl (C=O) groups is 1. The number of hydrogen-bond donors (Lipinski definition) is 1. The largest absolute Gasteiger partial charge is 0.507 e. The molecule has 0 bridgehead atoms. The van der Waals surface area contributed by atoms with Gasteiger partial charge in [-0.3, -0.25) is 4.79 Å². The van der Waals surface area contributed by atoms with Gasteiger partial charge in [0.25, 0.3) is 0 Å². The molecule has 1 N–H and O–H groups in total. The Morgan fingerprint density at radius 3 is 2.58 bits per heavy atom. The molecule has 0 aromatic heterocycles. The minimum absolute atomic E-state index is 0.0841. The standard InChI is InChI=1S/C8H6F2O2/c1-4-2-6(9)7(10)5(3-11)8(4)12/h2-3,12H,1H3. The average Bonchev–Trinajstić information content (AvgIpc) is 2.02. The zero-order chi connectivity index (χ0) is 9.30. The first-order chi connectivity index (χ1) is 5.57. The van der Waals surface area contributed by atoms with E-state index in [1.807, 2.05) is 0 Å². The number of phenols is 1. The summed E-state index contributed by atoms with van der Waals surface area (Å²) in [7, 11) is 0. The van der Waals surface area contributed by atoms with Crippen molar-refractivity contribution in [2.75, 3.05) is 0 Å². The third kappa shape index (κ3) is 1.15. The Morgan fingerprint density at radius 1 is 1.50 bits per heavy atom. The maximum atomic E-state index is 12.7. The molecule has 0 radical (unpaired) electrons. The average molecular weight is 172 g/mol. The fourth-order valence-electron chi connectivity index (χ4n) is 0.874. The monoisotopic (exact) mass is 172 g/mol. The molecule has 0 amide bonds. The first kappa shape index (κ1) is 8.64. The van der Waals surface area contributed by atoms with Gasteiger partial charge in [-0.15, -0.1) is 0 Å². The number of hydrogen-bond acceptors (Lipinski definition) is 2. The van der Waals surface area contributed by atoms with Crippen LogP contribution in [0, 0.1) is 18.6 Å². The highest BCUT2D eigenvalue weighted by Gasteiger charge is 2.14. The van der Waals surface area contributed by atoms with E-state index in [0.29, 0.717) is 0 Å².